The summed E-state index contributed by atoms with van der Waals surface area (Å²) < 4.78 is 0. The lowest BCUT2D eigenvalue weighted by atomic mass is 10.1. The molecular formula is C15H26. The smallest absolute Gasteiger partial charge is 0.00996 e. The predicted octanol–water partition coefficient (Wildman–Crippen LogP) is 5.40. The first kappa shape index (κ1) is 12.5. The lowest BCUT2D eigenvalue weighted by molar-refractivity contribution is 0.608. The summed E-state index contributed by atoms with van der Waals surface area (Å²) in [5, 5.41) is 0. The van der Waals surface area contributed by atoms with E-state index < -0.39 is 0 Å². The Labute approximate surface area is 95.5 Å². The van der Waals surface area contributed by atoms with Crippen molar-refractivity contribution in [1.29, 1.82) is 0 Å². The summed E-state index contributed by atoms with van der Waals surface area (Å²) in [6.45, 7) is 4.39. The van der Waals surface area contributed by atoms with E-state index in [1.165, 1.54) is 57.8 Å². The van der Waals surface area contributed by atoms with Crippen LogP contribution in [-0.2, 0) is 0 Å². The number of allylic oxidation sites excluding steroid dienone is 4. The maximum absolute atomic E-state index is 2.28. The third-order valence-corrected chi connectivity index (χ3v) is 3.23. The van der Waals surface area contributed by atoms with Crippen molar-refractivity contribution in [1.82, 2.24) is 0 Å². The van der Waals surface area contributed by atoms with Crippen LogP contribution in [0.1, 0.15) is 71.6 Å². The Morgan fingerprint density at radius 3 is 2.47 bits per heavy atom. The van der Waals surface area contributed by atoms with Gasteiger partial charge in [0.2, 0.25) is 0 Å². The molecule has 0 heterocycles. The van der Waals surface area contributed by atoms with Gasteiger partial charge in [0.05, 0.1) is 0 Å². The van der Waals surface area contributed by atoms with Gasteiger partial charge in [-0.3, -0.25) is 0 Å². The first-order chi connectivity index (χ1) is 7.38. The third kappa shape index (κ3) is 5.81. The van der Waals surface area contributed by atoms with Crippen molar-refractivity contribution in [2.45, 2.75) is 71.6 Å². The van der Waals surface area contributed by atoms with Crippen LogP contribution in [0, 0.1) is 0 Å². The van der Waals surface area contributed by atoms with Crippen LogP contribution >= 0.6 is 0 Å². The number of rotatable bonds is 9. The van der Waals surface area contributed by atoms with E-state index in [1.807, 2.05) is 0 Å². The van der Waals surface area contributed by atoms with Crippen molar-refractivity contribution >= 4 is 0 Å². The van der Waals surface area contributed by atoms with Crippen molar-refractivity contribution in [2.24, 2.45) is 0 Å². The quantitative estimate of drug-likeness (QED) is 0.350. The summed E-state index contributed by atoms with van der Waals surface area (Å²) >= 11 is 0. The van der Waals surface area contributed by atoms with Gasteiger partial charge >= 0.3 is 0 Å². The second kappa shape index (κ2) is 7.73. The second-order valence-corrected chi connectivity index (χ2v) is 4.67. The van der Waals surface area contributed by atoms with Gasteiger partial charge in [-0.25, -0.2) is 0 Å². The van der Waals surface area contributed by atoms with Gasteiger partial charge in [0.15, 0.2) is 0 Å². The van der Waals surface area contributed by atoms with E-state index in [9.17, 15) is 0 Å². The molecule has 1 aliphatic rings. The largest absolute Gasteiger partial charge is 0.0913 e. The fourth-order valence-electron chi connectivity index (χ4n) is 2.07. The molecule has 0 amide bonds. The Balaban J connectivity index is 1.91. The van der Waals surface area contributed by atoms with E-state index in [2.05, 4.69) is 26.0 Å². The topological polar surface area (TPSA) is 0 Å². The Morgan fingerprint density at radius 2 is 1.73 bits per heavy atom. The van der Waals surface area contributed by atoms with E-state index in [1.54, 1.807) is 11.1 Å². The summed E-state index contributed by atoms with van der Waals surface area (Å²) in [6, 6.07) is 0. The van der Waals surface area contributed by atoms with E-state index in [0.717, 1.165) is 0 Å². The predicted molar refractivity (Wildman–Crippen MR) is 69.1 cm³/mol. The molecule has 0 saturated heterocycles. The van der Waals surface area contributed by atoms with Crippen molar-refractivity contribution < 1.29 is 0 Å². The minimum atomic E-state index is 1.22. The average molecular weight is 206 g/mol. The highest BCUT2D eigenvalue weighted by atomic mass is 14.2. The van der Waals surface area contributed by atoms with E-state index in [4.69, 9.17) is 0 Å². The van der Waals surface area contributed by atoms with Gasteiger partial charge in [-0.2, -0.15) is 0 Å². The second-order valence-electron chi connectivity index (χ2n) is 4.67. The van der Waals surface area contributed by atoms with Crippen LogP contribution in [0.3, 0.4) is 0 Å². The molecule has 0 heteroatoms. The number of hydrogen-bond acceptors (Lipinski definition) is 0. The monoisotopic (exact) mass is 206 g/mol. The van der Waals surface area contributed by atoms with Crippen molar-refractivity contribution in [2.75, 3.05) is 0 Å². The lowest BCUT2D eigenvalue weighted by Gasteiger charge is -1.97. The highest BCUT2D eigenvalue weighted by molar-refractivity contribution is 5.36. The van der Waals surface area contributed by atoms with E-state index in [0.29, 0.717) is 0 Å². The molecule has 1 aliphatic carbocycles. The van der Waals surface area contributed by atoms with Crippen LogP contribution in [0.5, 0.6) is 0 Å². The summed E-state index contributed by atoms with van der Waals surface area (Å²) in [4.78, 5) is 0. The molecule has 0 radical (unpaired) electrons. The molecule has 0 spiro atoms. The Hall–Kier alpha value is -0.520. The van der Waals surface area contributed by atoms with Gasteiger partial charge in [-0.05, 0) is 32.6 Å². The molecule has 15 heavy (non-hydrogen) atoms. The molecule has 0 aromatic heterocycles. The van der Waals surface area contributed by atoms with Crippen LogP contribution in [0.4, 0.5) is 0 Å². The molecule has 1 rings (SSSR count). The van der Waals surface area contributed by atoms with Crippen LogP contribution < -0.4 is 0 Å². The zero-order valence-corrected chi connectivity index (χ0v) is 10.5. The normalized spacial score (nSPS) is 15.3. The molecule has 0 aromatic carbocycles. The fourth-order valence-corrected chi connectivity index (χ4v) is 2.07. The maximum atomic E-state index is 2.28. The Morgan fingerprint density at radius 1 is 1.00 bits per heavy atom. The summed E-state index contributed by atoms with van der Waals surface area (Å²) in [5.74, 6) is 0. The van der Waals surface area contributed by atoms with Gasteiger partial charge in [-0.1, -0.05) is 62.3 Å². The van der Waals surface area contributed by atoms with Crippen LogP contribution in [-0.4, -0.2) is 0 Å². The summed E-state index contributed by atoms with van der Waals surface area (Å²) in [6.07, 6.45) is 17.0. The van der Waals surface area contributed by atoms with E-state index in [-0.39, 0.29) is 0 Å². The summed E-state index contributed by atoms with van der Waals surface area (Å²) in [5.41, 5.74) is 3.49. The fraction of sp³-hybridized carbons (Fsp3) is 0.733. The zero-order chi connectivity index (χ0) is 10.9. The minimum Gasteiger partial charge on any atom is -0.0913 e. The van der Waals surface area contributed by atoms with Gasteiger partial charge in [0.1, 0.15) is 0 Å². The highest BCUT2D eigenvalue weighted by Crippen LogP contribution is 2.37. The third-order valence-electron chi connectivity index (χ3n) is 3.23. The van der Waals surface area contributed by atoms with Crippen molar-refractivity contribution in [3.05, 3.63) is 23.3 Å². The van der Waals surface area contributed by atoms with Crippen molar-refractivity contribution in [3.8, 4) is 0 Å². The van der Waals surface area contributed by atoms with Crippen LogP contribution in [0.2, 0.25) is 0 Å². The van der Waals surface area contributed by atoms with Crippen LogP contribution in [0.25, 0.3) is 0 Å². The molecule has 0 fully saturated rings. The molecule has 0 saturated carbocycles. The van der Waals surface area contributed by atoms with Gasteiger partial charge in [0.25, 0.3) is 0 Å². The number of hydrogen-bond donors (Lipinski definition) is 0. The van der Waals surface area contributed by atoms with Crippen molar-refractivity contribution in [3.63, 3.8) is 0 Å². The van der Waals surface area contributed by atoms with Gasteiger partial charge in [0, 0.05) is 0 Å². The molecular weight excluding hydrogens is 180 g/mol. The molecule has 0 aromatic rings. The Bertz CT molecular complexity index is 220. The SMILES string of the molecule is C/C=C/CC1=C(CCCCCCCC)C1. The molecule has 0 aliphatic heterocycles. The molecule has 0 nitrogen and oxygen atoms in total. The molecule has 0 unspecified atom stereocenters. The first-order valence-corrected chi connectivity index (χ1v) is 6.69. The molecule has 0 atom stereocenters. The lowest BCUT2D eigenvalue weighted by Crippen LogP contribution is -1.78. The minimum absolute atomic E-state index is 1.22. The Kier molecular flexibility index (Phi) is 6.47. The van der Waals surface area contributed by atoms with Gasteiger partial charge < -0.3 is 0 Å². The standard InChI is InChI=1S/C15H26/c1-3-5-7-8-9-10-12-15-13-14(15)11-6-4-2/h4,6H,3,5,7-13H2,1-2H3/b6-4+. The molecule has 0 bridgehead atoms. The summed E-state index contributed by atoms with van der Waals surface area (Å²) in [7, 11) is 0. The van der Waals surface area contributed by atoms with Gasteiger partial charge in [-0.15, -0.1) is 0 Å². The average Bonchev–Trinajstić information content (AvgIpc) is 2.99. The zero-order valence-electron chi connectivity index (χ0n) is 10.5. The number of unbranched alkanes of at least 4 members (excludes halogenated alkanes) is 5. The molecule has 86 valence electrons. The maximum Gasteiger partial charge on any atom is -0.00996 e. The van der Waals surface area contributed by atoms with E-state index >= 15 is 0 Å². The molecule has 0 N–H and O–H groups in total. The first-order valence-electron chi connectivity index (χ1n) is 6.69. The highest BCUT2D eigenvalue weighted by Gasteiger charge is 2.18. The van der Waals surface area contributed by atoms with Crippen LogP contribution in [0.15, 0.2) is 23.3 Å².